The molecule has 1 fully saturated rings. The van der Waals surface area contributed by atoms with Crippen LogP contribution in [0.25, 0.3) is 6.08 Å². The third-order valence-corrected chi connectivity index (χ3v) is 3.93. The van der Waals surface area contributed by atoms with Crippen LogP contribution in [0.15, 0.2) is 21.5 Å². The summed E-state index contributed by atoms with van der Waals surface area (Å²) in [4.78, 5) is 24.5. The summed E-state index contributed by atoms with van der Waals surface area (Å²) in [6, 6.07) is 2.55. The minimum atomic E-state index is -1.09. The van der Waals surface area contributed by atoms with Gasteiger partial charge in [0.1, 0.15) is 21.9 Å². The maximum Gasteiger partial charge on any atom is 0.326 e. The number of hydrogen-bond acceptors (Lipinski definition) is 5. The number of aliphatic carboxylic acids is 1. The van der Waals surface area contributed by atoms with Gasteiger partial charge in [-0.2, -0.15) is 0 Å². The summed E-state index contributed by atoms with van der Waals surface area (Å²) in [7, 11) is 0. The van der Waals surface area contributed by atoms with Gasteiger partial charge in [0, 0.05) is 6.08 Å². The topological polar surface area (TPSA) is 70.8 Å². The van der Waals surface area contributed by atoms with E-state index in [0.717, 1.165) is 22.4 Å². The molecular formula is C12H11NO4S2. The first-order valence-electron chi connectivity index (χ1n) is 5.46. The molecule has 1 aromatic heterocycles. The van der Waals surface area contributed by atoms with Gasteiger partial charge < -0.3 is 9.52 Å². The number of thioether (sulfide) groups is 1. The summed E-state index contributed by atoms with van der Waals surface area (Å²) in [5.74, 6) is -0.216. The van der Waals surface area contributed by atoms with Crippen molar-refractivity contribution in [3.8, 4) is 0 Å². The number of carbonyl (C=O) groups is 2. The molecule has 1 aliphatic rings. The number of rotatable bonds is 3. The van der Waals surface area contributed by atoms with Gasteiger partial charge in [0.15, 0.2) is 0 Å². The van der Waals surface area contributed by atoms with E-state index in [0.29, 0.717) is 10.7 Å². The standard InChI is InChI=1S/C12H11NO4S2/c1-6-3-4-8(17-6)5-9-10(14)13(12(18)19-9)7(2)11(15)16/h3-5,7H,1-2H3,(H,15,16)/b9-5+/t7-/m0/s1. The molecule has 19 heavy (non-hydrogen) atoms. The highest BCUT2D eigenvalue weighted by Crippen LogP contribution is 2.34. The number of thiocarbonyl (C=S) groups is 1. The molecule has 0 saturated carbocycles. The van der Waals surface area contributed by atoms with Crippen LogP contribution in [0.3, 0.4) is 0 Å². The lowest BCUT2D eigenvalue weighted by atomic mass is 10.3. The Bertz CT molecular complexity index is 590. The summed E-state index contributed by atoms with van der Waals surface area (Å²) in [6.07, 6.45) is 1.57. The summed E-state index contributed by atoms with van der Waals surface area (Å²) in [6.45, 7) is 3.22. The highest BCUT2D eigenvalue weighted by Gasteiger charge is 2.38. The van der Waals surface area contributed by atoms with Crippen LogP contribution in [0.4, 0.5) is 0 Å². The zero-order valence-corrected chi connectivity index (χ0v) is 11.9. The number of furan rings is 1. The van der Waals surface area contributed by atoms with E-state index >= 15 is 0 Å². The molecule has 0 unspecified atom stereocenters. The van der Waals surface area contributed by atoms with Crippen molar-refractivity contribution in [2.24, 2.45) is 0 Å². The third kappa shape index (κ3) is 2.71. The van der Waals surface area contributed by atoms with Crippen molar-refractivity contribution in [2.45, 2.75) is 19.9 Å². The Morgan fingerprint density at radius 1 is 1.58 bits per heavy atom. The predicted octanol–water partition coefficient (Wildman–Crippen LogP) is 2.26. The Balaban J connectivity index is 2.27. The molecule has 1 aliphatic heterocycles. The molecule has 7 heteroatoms. The van der Waals surface area contributed by atoms with Gasteiger partial charge in [-0.05, 0) is 26.0 Å². The second-order valence-electron chi connectivity index (χ2n) is 4.01. The Hall–Kier alpha value is -1.60. The fourth-order valence-electron chi connectivity index (χ4n) is 1.58. The molecule has 0 spiro atoms. The summed E-state index contributed by atoms with van der Waals surface area (Å²) in [5.41, 5.74) is 0. The van der Waals surface area contributed by atoms with Crippen LogP contribution in [0.2, 0.25) is 0 Å². The van der Waals surface area contributed by atoms with Crippen molar-refractivity contribution in [1.82, 2.24) is 4.90 Å². The summed E-state index contributed by atoms with van der Waals surface area (Å²) in [5, 5.41) is 8.96. The first-order chi connectivity index (χ1) is 8.90. The average Bonchev–Trinajstić information content (AvgIpc) is 2.84. The van der Waals surface area contributed by atoms with Crippen molar-refractivity contribution in [3.63, 3.8) is 0 Å². The van der Waals surface area contributed by atoms with Crippen molar-refractivity contribution in [2.75, 3.05) is 0 Å². The fraction of sp³-hybridized carbons (Fsp3) is 0.250. The molecule has 0 bridgehead atoms. The molecule has 5 nitrogen and oxygen atoms in total. The largest absolute Gasteiger partial charge is 0.480 e. The molecule has 2 heterocycles. The second-order valence-corrected chi connectivity index (χ2v) is 5.69. The lowest BCUT2D eigenvalue weighted by Gasteiger charge is -2.18. The smallest absolute Gasteiger partial charge is 0.326 e. The van der Waals surface area contributed by atoms with Gasteiger partial charge in [0.25, 0.3) is 5.91 Å². The van der Waals surface area contributed by atoms with Gasteiger partial charge in [-0.1, -0.05) is 24.0 Å². The third-order valence-electron chi connectivity index (χ3n) is 2.60. The van der Waals surface area contributed by atoms with Crippen LogP contribution < -0.4 is 0 Å². The molecular weight excluding hydrogens is 286 g/mol. The number of hydrogen-bond donors (Lipinski definition) is 1. The van der Waals surface area contributed by atoms with Crippen LogP contribution in [0.1, 0.15) is 18.4 Å². The highest BCUT2D eigenvalue weighted by molar-refractivity contribution is 8.26. The molecule has 1 N–H and O–H groups in total. The molecule has 1 aromatic rings. The van der Waals surface area contributed by atoms with Gasteiger partial charge >= 0.3 is 5.97 Å². The number of nitrogens with zero attached hydrogens (tertiary/aromatic N) is 1. The first kappa shape index (κ1) is 13.8. The van der Waals surface area contributed by atoms with Crippen molar-refractivity contribution >= 4 is 46.3 Å². The van der Waals surface area contributed by atoms with Gasteiger partial charge in [-0.3, -0.25) is 9.69 Å². The molecule has 0 aromatic carbocycles. The average molecular weight is 297 g/mol. The minimum absolute atomic E-state index is 0.245. The maximum absolute atomic E-state index is 12.1. The number of carboxylic acid groups (broad SMARTS) is 1. The molecule has 1 saturated heterocycles. The van der Waals surface area contributed by atoms with E-state index in [1.807, 2.05) is 0 Å². The molecule has 1 atom stereocenters. The summed E-state index contributed by atoms with van der Waals surface area (Å²) >= 11 is 6.12. The fourth-order valence-corrected chi connectivity index (χ4v) is 2.98. The van der Waals surface area contributed by atoms with E-state index < -0.39 is 17.9 Å². The number of carbonyl (C=O) groups excluding carboxylic acids is 1. The zero-order chi connectivity index (χ0) is 14.2. The number of aryl methyl sites for hydroxylation is 1. The van der Waals surface area contributed by atoms with Gasteiger partial charge in [0.05, 0.1) is 4.91 Å². The monoisotopic (exact) mass is 297 g/mol. The SMILES string of the molecule is Cc1ccc(/C=C2/SC(=S)N([C@@H](C)C(=O)O)C2=O)o1. The molecule has 0 radical (unpaired) electrons. The lowest BCUT2D eigenvalue weighted by molar-refractivity contribution is -0.144. The summed E-state index contributed by atoms with van der Waals surface area (Å²) < 4.78 is 5.60. The van der Waals surface area contributed by atoms with Gasteiger partial charge in [-0.25, -0.2) is 4.79 Å². The number of amides is 1. The van der Waals surface area contributed by atoms with E-state index in [1.54, 1.807) is 25.1 Å². The Kier molecular flexibility index (Phi) is 3.77. The van der Waals surface area contributed by atoms with Crippen molar-refractivity contribution < 1.29 is 19.1 Å². The minimum Gasteiger partial charge on any atom is -0.480 e. The second kappa shape index (κ2) is 5.18. The molecule has 1 amide bonds. The molecule has 100 valence electrons. The molecule has 0 aliphatic carbocycles. The van der Waals surface area contributed by atoms with Gasteiger partial charge in [-0.15, -0.1) is 0 Å². The van der Waals surface area contributed by atoms with Crippen molar-refractivity contribution in [1.29, 1.82) is 0 Å². The van der Waals surface area contributed by atoms with Crippen LogP contribution in [0, 0.1) is 6.92 Å². The first-order valence-corrected chi connectivity index (χ1v) is 6.69. The Morgan fingerprint density at radius 3 is 2.79 bits per heavy atom. The highest BCUT2D eigenvalue weighted by atomic mass is 32.2. The normalized spacial score (nSPS) is 19.3. The van der Waals surface area contributed by atoms with Crippen LogP contribution in [0.5, 0.6) is 0 Å². The van der Waals surface area contributed by atoms with E-state index in [9.17, 15) is 9.59 Å². The predicted molar refractivity (Wildman–Crippen MR) is 75.6 cm³/mol. The van der Waals surface area contributed by atoms with E-state index in [-0.39, 0.29) is 4.32 Å². The lowest BCUT2D eigenvalue weighted by Crippen LogP contribution is -2.41. The van der Waals surface area contributed by atoms with E-state index in [2.05, 4.69) is 0 Å². The Labute approximate surface area is 119 Å². The Morgan fingerprint density at radius 2 is 2.26 bits per heavy atom. The molecule has 2 rings (SSSR count). The van der Waals surface area contributed by atoms with Crippen LogP contribution in [-0.2, 0) is 9.59 Å². The quantitative estimate of drug-likeness (QED) is 0.681. The van der Waals surface area contributed by atoms with Crippen LogP contribution in [-0.4, -0.2) is 32.2 Å². The van der Waals surface area contributed by atoms with E-state index in [1.165, 1.54) is 6.92 Å². The van der Waals surface area contributed by atoms with Crippen LogP contribution >= 0.6 is 24.0 Å². The number of carboxylic acids is 1. The van der Waals surface area contributed by atoms with E-state index in [4.69, 9.17) is 21.7 Å². The van der Waals surface area contributed by atoms with Crippen molar-refractivity contribution in [3.05, 3.63) is 28.6 Å². The van der Waals surface area contributed by atoms with Gasteiger partial charge in [0.2, 0.25) is 0 Å². The maximum atomic E-state index is 12.1. The zero-order valence-electron chi connectivity index (χ0n) is 10.2.